The van der Waals surface area contributed by atoms with Crippen molar-refractivity contribution in [3.05, 3.63) is 106 Å². The molecular weight excluding hydrogens is 356 g/mol. The summed E-state index contributed by atoms with van der Waals surface area (Å²) >= 11 is 6.34. The molecule has 3 aromatic rings. The van der Waals surface area contributed by atoms with Crippen molar-refractivity contribution in [1.82, 2.24) is 4.90 Å². The van der Waals surface area contributed by atoms with E-state index < -0.39 is 5.54 Å². The molecule has 2 aliphatic heterocycles. The van der Waals surface area contributed by atoms with E-state index in [9.17, 15) is 4.79 Å². The van der Waals surface area contributed by atoms with Crippen LogP contribution in [-0.4, -0.2) is 10.8 Å². The number of hydrogen-bond acceptors (Lipinski definition) is 2. The van der Waals surface area contributed by atoms with Crippen LogP contribution in [0.25, 0.3) is 0 Å². The number of fused-ring (bicyclic) bond motifs is 7. The summed E-state index contributed by atoms with van der Waals surface area (Å²) in [5.41, 5.74) is 10.5. The second-order valence-corrected chi connectivity index (χ2v) is 7.73. The summed E-state index contributed by atoms with van der Waals surface area (Å²) in [5.74, 6) is -0.350. The topological polar surface area (TPSA) is 46.3 Å². The average Bonchev–Trinajstić information content (AvgIpc) is 2.87. The van der Waals surface area contributed by atoms with Gasteiger partial charge in [0.15, 0.2) is 5.54 Å². The fourth-order valence-electron chi connectivity index (χ4n) is 4.88. The first-order valence-corrected chi connectivity index (χ1v) is 9.49. The zero-order valence-corrected chi connectivity index (χ0v) is 15.5. The van der Waals surface area contributed by atoms with Crippen molar-refractivity contribution in [3.63, 3.8) is 0 Å². The predicted octanol–water partition coefficient (Wildman–Crippen LogP) is 4.18. The van der Waals surface area contributed by atoms with Crippen LogP contribution in [0, 0.1) is 0 Å². The van der Waals surface area contributed by atoms with Gasteiger partial charge in [-0.2, -0.15) is 0 Å². The summed E-state index contributed by atoms with van der Waals surface area (Å²) in [6.07, 6.45) is 0.839. The highest BCUT2D eigenvalue weighted by molar-refractivity contribution is 6.30. The predicted molar refractivity (Wildman–Crippen MR) is 106 cm³/mol. The summed E-state index contributed by atoms with van der Waals surface area (Å²) in [5, 5.41) is 0.622. The molecule has 2 aliphatic rings. The Kier molecular flexibility index (Phi) is 3.64. The minimum atomic E-state index is -0.990. The van der Waals surface area contributed by atoms with Gasteiger partial charge in [-0.3, -0.25) is 9.69 Å². The van der Waals surface area contributed by atoms with Crippen molar-refractivity contribution in [2.24, 2.45) is 5.73 Å². The molecule has 1 amide bonds. The van der Waals surface area contributed by atoms with E-state index >= 15 is 0 Å². The number of carbonyl (C=O) groups is 1. The summed E-state index contributed by atoms with van der Waals surface area (Å²) in [6, 6.07) is 24.4. The molecule has 2 N–H and O–H groups in total. The van der Waals surface area contributed by atoms with Crippen LogP contribution < -0.4 is 5.73 Å². The molecule has 0 saturated carbocycles. The summed E-state index contributed by atoms with van der Waals surface area (Å²) in [6.45, 7) is 0.648. The van der Waals surface area contributed by atoms with Crippen LogP contribution >= 0.6 is 11.6 Å². The quantitative estimate of drug-likeness (QED) is 0.747. The van der Waals surface area contributed by atoms with Crippen LogP contribution in [0.2, 0.25) is 5.02 Å². The Morgan fingerprint density at radius 3 is 2.56 bits per heavy atom. The lowest BCUT2D eigenvalue weighted by molar-refractivity contribution is -0.130. The molecule has 0 radical (unpaired) electrons. The highest BCUT2D eigenvalue weighted by atomic mass is 35.5. The molecule has 3 aromatic carbocycles. The third-order valence-electron chi connectivity index (χ3n) is 5.94. The minimum Gasteiger partial charge on any atom is -0.367 e. The van der Waals surface area contributed by atoms with Crippen molar-refractivity contribution in [2.75, 3.05) is 0 Å². The SMILES string of the molecule is NC(=O)C12c3cc(Cl)ccc3CC(c3ccccc31)N2Cc1ccccc1. The van der Waals surface area contributed by atoms with E-state index in [2.05, 4.69) is 23.1 Å². The Labute approximate surface area is 163 Å². The maximum atomic E-state index is 13.1. The Balaban J connectivity index is 1.79. The molecule has 2 unspecified atom stereocenters. The third kappa shape index (κ3) is 2.22. The van der Waals surface area contributed by atoms with Crippen LogP contribution in [0.3, 0.4) is 0 Å². The first-order valence-electron chi connectivity index (χ1n) is 9.11. The highest BCUT2D eigenvalue weighted by Crippen LogP contribution is 2.56. The van der Waals surface area contributed by atoms with Gasteiger partial charge in [0.2, 0.25) is 5.91 Å². The molecule has 3 nitrogen and oxygen atoms in total. The normalized spacial score (nSPS) is 22.9. The van der Waals surface area contributed by atoms with Crippen molar-refractivity contribution in [1.29, 1.82) is 0 Å². The van der Waals surface area contributed by atoms with Crippen molar-refractivity contribution >= 4 is 17.5 Å². The zero-order valence-electron chi connectivity index (χ0n) is 14.7. The molecule has 2 bridgehead atoms. The number of amides is 1. The van der Waals surface area contributed by atoms with E-state index in [0.29, 0.717) is 11.6 Å². The van der Waals surface area contributed by atoms with E-state index in [1.54, 1.807) is 0 Å². The Hall–Kier alpha value is -2.62. The molecule has 4 heteroatoms. The molecular formula is C23H19ClN2O. The second kappa shape index (κ2) is 5.95. The smallest absolute Gasteiger partial charge is 0.247 e. The Bertz CT molecular complexity index is 1050. The maximum absolute atomic E-state index is 13.1. The number of nitrogens with zero attached hydrogens (tertiary/aromatic N) is 1. The molecule has 2 heterocycles. The molecule has 2 atom stereocenters. The number of hydrogen-bond donors (Lipinski definition) is 1. The van der Waals surface area contributed by atoms with E-state index in [1.165, 1.54) is 5.56 Å². The molecule has 0 fully saturated rings. The standard InChI is InChI=1S/C23H19ClN2O/c24-17-11-10-16-12-21-18-8-4-5-9-19(18)23(22(25)27,20(16)13-17)26(21)14-15-6-2-1-3-7-15/h1-11,13,21H,12,14H2,(H2,25,27). The largest absolute Gasteiger partial charge is 0.367 e. The molecule has 0 aliphatic carbocycles. The summed E-state index contributed by atoms with van der Waals surface area (Å²) in [7, 11) is 0. The van der Waals surface area contributed by atoms with Gasteiger partial charge in [-0.25, -0.2) is 0 Å². The lowest BCUT2D eigenvalue weighted by Crippen LogP contribution is -2.55. The van der Waals surface area contributed by atoms with E-state index in [1.807, 2.05) is 54.6 Å². The van der Waals surface area contributed by atoms with Gasteiger partial charge in [0.05, 0.1) is 0 Å². The van der Waals surface area contributed by atoms with Gasteiger partial charge in [0.1, 0.15) is 0 Å². The van der Waals surface area contributed by atoms with Gasteiger partial charge in [0, 0.05) is 17.6 Å². The van der Waals surface area contributed by atoms with Gasteiger partial charge < -0.3 is 5.73 Å². The molecule has 0 saturated heterocycles. The molecule has 0 aromatic heterocycles. The van der Waals surface area contributed by atoms with Crippen molar-refractivity contribution < 1.29 is 4.79 Å². The maximum Gasteiger partial charge on any atom is 0.247 e. The minimum absolute atomic E-state index is 0.114. The monoisotopic (exact) mass is 374 g/mol. The van der Waals surface area contributed by atoms with E-state index in [4.69, 9.17) is 17.3 Å². The van der Waals surface area contributed by atoms with Gasteiger partial charge in [-0.15, -0.1) is 0 Å². The molecule has 27 heavy (non-hydrogen) atoms. The van der Waals surface area contributed by atoms with Crippen molar-refractivity contribution in [2.45, 2.75) is 24.5 Å². The highest BCUT2D eigenvalue weighted by Gasteiger charge is 2.58. The van der Waals surface area contributed by atoms with Crippen LogP contribution in [-0.2, 0) is 23.3 Å². The van der Waals surface area contributed by atoms with Crippen LogP contribution in [0.15, 0.2) is 72.8 Å². The number of nitrogens with two attached hydrogens (primary N) is 1. The number of halogens is 1. The number of carbonyl (C=O) groups excluding carboxylic acids is 1. The zero-order chi connectivity index (χ0) is 18.6. The Morgan fingerprint density at radius 1 is 1.04 bits per heavy atom. The molecule has 134 valence electrons. The van der Waals surface area contributed by atoms with Crippen molar-refractivity contribution in [3.8, 4) is 0 Å². The fourth-order valence-corrected chi connectivity index (χ4v) is 5.05. The van der Waals surface area contributed by atoms with Gasteiger partial charge in [-0.1, -0.05) is 72.3 Å². The molecule has 5 rings (SSSR count). The number of benzene rings is 3. The van der Waals surface area contributed by atoms with Crippen LogP contribution in [0.5, 0.6) is 0 Å². The first-order chi connectivity index (χ1) is 13.1. The summed E-state index contributed by atoms with van der Waals surface area (Å²) in [4.78, 5) is 15.4. The third-order valence-corrected chi connectivity index (χ3v) is 6.18. The second-order valence-electron chi connectivity index (χ2n) is 7.30. The van der Waals surface area contributed by atoms with Gasteiger partial charge in [0.25, 0.3) is 0 Å². The summed E-state index contributed by atoms with van der Waals surface area (Å²) < 4.78 is 0. The Morgan fingerprint density at radius 2 is 1.78 bits per heavy atom. The lowest BCUT2D eigenvalue weighted by atomic mass is 9.78. The number of primary amides is 1. The van der Waals surface area contributed by atoms with Crippen LogP contribution in [0.4, 0.5) is 0 Å². The molecule has 0 spiro atoms. The van der Waals surface area contributed by atoms with Gasteiger partial charge >= 0.3 is 0 Å². The van der Waals surface area contributed by atoms with E-state index in [-0.39, 0.29) is 11.9 Å². The average molecular weight is 375 g/mol. The van der Waals surface area contributed by atoms with Crippen LogP contribution in [0.1, 0.15) is 33.9 Å². The first kappa shape index (κ1) is 16.5. The lowest BCUT2D eigenvalue weighted by Gasteiger charge is -2.44. The van der Waals surface area contributed by atoms with E-state index in [0.717, 1.165) is 28.7 Å². The fraction of sp³-hybridized carbons (Fsp3) is 0.174. The van der Waals surface area contributed by atoms with Gasteiger partial charge in [-0.05, 0) is 46.4 Å². The number of rotatable bonds is 3.